The van der Waals surface area contributed by atoms with E-state index in [1.807, 2.05) is 0 Å². The van der Waals surface area contributed by atoms with Gasteiger partial charge in [0.25, 0.3) is 6.43 Å². The van der Waals surface area contributed by atoms with Crippen LogP contribution >= 0.6 is 0 Å². The molecular formula is C15H28F2N2. The average Bonchev–Trinajstić information content (AvgIpc) is 2.31. The molecular weight excluding hydrogens is 246 g/mol. The fourth-order valence-electron chi connectivity index (χ4n) is 3.31. The Morgan fingerprint density at radius 1 is 1.21 bits per heavy atom. The minimum absolute atomic E-state index is 0.160. The maximum atomic E-state index is 12.3. The first-order valence-corrected chi connectivity index (χ1v) is 7.78. The second-order valence-corrected chi connectivity index (χ2v) is 6.75. The summed E-state index contributed by atoms with van der Waals surface area (Å²) in [4.78, 5) is 2.52. The van der Waals surface area contributed by atoms with Crippen LogP contribution in [0.2, 0.25) is 0 Å². The number of rotatable bonds is 6. The third-order valence-corrected chi connectivity index (χ3v) is 4.80. The van der Waals surface area contributed by atoms with Crippen molar-refractivity contribution in [3.8, 4) is 0 Å². The second kappa shape index (κ2) is 6.98. The minimum atomic E-state index is -2.24. The molecule has 2 aliphatic rings. The molecule has 1 heterocycles. The lowest BCUT2D eigenvalue weighted by Gasteiger charge is -2.42. The van der Waals surface area contributed by atoms with E-state index in [4.69, 9.17) is 0 Å². The first kappa shape index (κ1) is 15.2. The molecule has 0 amide bonds. The molecule has 1 saturated heterocycles. The van der Waals surface area contributed by atoms with Gasteiger partial charge in [-0.2, -0.15) is 0 Å². The summed E-state index contributed by atoms with van der Waals surface area (Å²) in [6, 6.07) is 0.246. The van der Waals surface area contributed by atoms with Crippen LogP contribution in [0.25, 0.3) is 0 Å². The Morgan fingerprint density at radius 2 is 1.95 bits per heavy atom. The van der Waals surface area contributed by atoms with Crippen LogP contribution in [0, 0.1) is 17.8 Å². The molecule has 2 atom stereocenters. The molecule has 0 aromatic heterocycles. The van der Waals surface area contributed by atoms with Crippen LogP contribution in [0.1, 0.15) is 39.5 Å². The van der Waals surface area contributed by atoms with Crippen molar-refractivity contribution in [2.24, 2.45) is 17.8 Å². The highest BCUT2D eigenvalue weighted by Gasteiger charge is 2.31. The van der Waals surface area contributed by atoms with Gasteiger partial charge in [-0.1, -0.05) is 20.3 Å². The summed E-state index contributed by atoms with van der Waals surface area (Å²) in [6.45, 7) is 7.62. The van der Waals surface area contributed by atoms with Crippen LogP contribution in [0.5, 0.6) is 0 Å². The van der Waals surface area contributed by atoms with Crippen LogP contribution in [-0.4, -0.2) is 43.5 Å². The first-order valence-electron chi connectivity index (χ1n) is 7.78. The maximum Gasteiger partial charge on any atom is 0.250 e. The van der Waals surface area contributed by atoms with Crippen LogP contribution in [0.4, 0.5) is 8.78 Å². The van der Waals surface area contributed by atoms with Gasteiger partial charge in [-0.25, -0.2) is 8.78 Å². The molecule has 0 aromatic carbocycles. The lowest BCUT2D eigenvalue weighted by molar-refractivity contribution is 0.0740. The third kappa shape index (κ3) is 4.67. The zero-order valence-corrected chi connectivity index (χ0v) is 12.2. The molecule has 1 aliphatic carbocycles. The number of hydrogen-bond donors (Lipinski definition) is 1. The number of nitrogens with zero attached hydrogens (tertiary/aromatic N) is 1. The smallest absolute Gasteiger partial charge is 0.250 e. The van der Waals surface area contributed by atoms with E-state index in [2.05, 4.69) is 24.1 Å². The highest BCUT2D eigenvalue weighted by molar-refractivity contribution is 4.87. The van der Waals surface area contributed by atoms with Crippen LogP contribution in [0.3, 0.4) is 0 Å². The summed E-state index contributed by atoms with van der Waals surface area (Å²) in [5, 5.41) is 3.05. The summed E-state index contributed by atoms with van der Waals surface area (Å²) in [5.74, 6) is 2.14. The molecule has 1 N–H and O–H groups in total. The normalized spacial score (nSPS) is 30.0. The Kier molecular flexibility index (Phi) is 5.58. The van der Waals surface area contributed by atoms with Gasteiger partial charge in [0.2, 0.25) is 0 Å². The molecule has 1 saturated carbocycles. The van der Waals surface area contributed by atoms with E-state index < -0.39 is 6.43 Å². The molecule has 4 heteroatoms. The maximum absolute atomic E-state index is 12.3. The molecule has 2 rings (SSSR count). The van der Waals surface area contributed by atoms with Gasteiger partial charge in [0.15, 0.2) is 0 Å². The van der Waals surface area contributed by atoms with Gasteiger partial charge < -0.3 is 10.2 Å². The third-order valence-electron chi connectivity index (χ3n) is 4.80. The fraction of sp³-hybridized carbons (Fsp3) is 1.00. The second-order valence-electron chi connectivity index (χ2n) is 6.75. The molecule has 19 heavy (non-hydrogen) atoms. The van der Waals surface area contributed by atoms with Crippen LogP contribution in [-0.2, 0) is 0 Å². The minimum Gasteiger partial charge on any atom is -0.307 e. The molecule has 1 aliphatic heterocycles. The summed E-state index contributed by atoms with van der Waals surface area (Å²) in [7, 11) is 0. The molecule has 2 fully saturated rings. The lowest BCUT2D eigenvalue weighted by atomic mass is 9.82. The van der Waals surface area contributed by atoms with E-state index in [1.54, 1.807) is 0 Å². The molecule has 0 bridgehead atoms. The quantitative estimate of drug-likeness (QED) is 0.801. The van der Waals surface area contributed by atoms with Gasteiger partial charge >= 0.3 is 0 Å². The molecule has 2 nitrogen and oxygen atoms in total. The zero-order chi connectivity index (χ0) is 13.8. The van der Waals surface area contributed by atoms with Crippen molar-refractivity contribution in [2.75, 3.05) is 26.2 Å². The Morgan fingerprint density at radius 3 is 2.47 bits per heavy atom. The highest BCUT2D eigenvalue weighted by atomic mass is 19.3. The van der Waals surface area contributed by atoms with Crippen molar-refractivity contribution < 1.29 is 8.78 Å². The fourth-order valence-corrected chi connectivity index (χ4v) is 3.31. The van der Waals surface area contributed by atoms with Crippen LogP contribution < -0.4 is 5.32 Å². The monoisotopic (exact) mass is 274 g/mol. The van der Waals surface area contributed by atoms with Gasteiger partial charge in [-0.05, 0) is 37.0 Å². The predicted octanol–water partition coefficient (Wildman–Crippen LogP) is 2.99. The van der Waals surface area contributed by atoms with Gasteiger partial charge in [0.1, 0.15) is 0 Å². The molecule has 0 spiro atoms. The van der Waals surface area contributed by atoms with Crippen molar-refractivity contribution in [3.05, 3.63) is 0 Å². The van der Waals surface area contributed by atoms with Gasteiger partial charge in [0.05, 0.1) is 6.54 Å². The molecule has 112 valence electrons. The van der Waals surface area contributed by atoms with Gasteiger partial charge in [-0.3, -0.25) is 0 Å². The average molecular weight is 274 g/mol. The van der Waals surface area contributed by atoms with Crippen molar-refractivity contribution in [1.29, 1.82) is 0 Å². The van der Waals surface area contributed by atoms with E-state index in [0.29, 0.717) is 11.8 Å². The zero-order valence-electron chi connectivity index (χ0n) is 12.2. The van der Waals surface area contributed by atoms with Crippen molar-refractivity contribution >= 4 is 0 Å². The predicted molar refractivity (Wildman–Crippen MR) is 74.5 cm³/mol. The first-order chi connectivity index (χ1) is 9.04. The molecule has 2 unspecified atom stereocenters. The van der Waals surface area contributed by atoms with Crippen LogP contribution in [0.15, 0.2) is 0 Å². The van der Waals surface area contributed by atoms with E-state index in [0.717, 1.165) is 25.4 Å². The van der Waals surface area contributed by atoms with Crippen molar-refractivity contribution in [3.63, 3.8) is 0 Å². The molecule has 0 radical (unpaired) electrons. The summed E-state index contributed by atoms with van der Waals surface area (Å²) >= 11 is 0. The SMILES string of the molecule is CC(C)C1CC(NCC(F)F)CN(CC2CCC2)C1. The van der Waals surface area contributed by atoms with Crippen molar-refractivity contribution in [1.82, 2.24) is 10.2 Å². The number of halogens is 2. The summed E-state index contributed by atoms with van der Waals surface area (Å²) in [5.41, 5.74) is 0. The van der Waals surface area contributed by atoms with Gasteiger partial charge in [0, 0.05) is 25.7 Å². The summed E-state index contributed by atoms with van der Waals surface area (Å²) < 4.78 is 24.7. The Labute approximate surface area is 115 Å². The van der Waals surface area contributed by atoms with Gasteiger partial charge in [-0.15, -0.1) is 0 Å². The standard InChI is InChI=1S/C15H28F2N2/c1-11(2)13-6-14(18-7-15(16)17)10-19(9-13)8-12-4-3-5-12/h11-15,18H,3-10H2,1-2H3. The number of hydrogen-bond acceptors (Lipinski definition) is 2. The number of nitrogens with one attached hydrogen (secondary N) is 1. The topological polar surface area (TPSA) is 15.3 Å². The Hall–Kier alpha value is -0.220. The van der Waals surface area contributed by atoms with E-state index in [9.17, 15) is 8.78 Å². The number of alkyl halides is 2. The van der Waals surface area contributed by atoms with E-state index in [-0.39, 0.29) is 12.6 Å². The highest BCUT2D eigenvalue weighted by Crippen LogP contribution is 2.30. The lowest BCUT2D eigenvalue weighted by Crippen LogP contribution is -2.52. The van der Waals surface area contributed by atoms with E-state index >= 15 is 0 Å². The largest absolute Gasteiger partial charge is 0.307 e. The number of piperidine rings is 1. The number of likely N-dealkylation sites (tertiary alicyclic amines) is 1. The summed E-state index contributed by atoms with van der Waals surface area (Å²) in [6.07, 6.45) is 2.90. The Bertz CT molecular complexity index is 267. The molecule has 0 aromatic rings. The Balaban J connectivity index is 1.84. The van der Waals surface area contributed by atoms with E-state index in [1.165, 1.54) is 25.8 Å². The van der Waals surface area contributed by atoms with Crippen molar-refractivity contribution in [2.45, 2.75) is 52.0 Å².